The Labute approximate surface area is 179 Å². The van der Waals surface area contributed by atoms with Crippen LogP contribution >= 0.6 is 0 Å². The molecular formula is C18H32N6O7. The van der Waals surface area contributed by atoms with Crippen molar-refractivity contribution in [2.45, 2.75) is 70.6 Å². The Bertz CT molecular complexity index is 699. The van der Waals surface area contributed by atoms with Crippen LogP contribution in [0.15, 0.2) is 0 Å². The van der Waals surface area contributed by atoms with Crippen LogP contribution in [0, 0.1) is 5.92 Å². The zero-order valence-corrected chi connectivity index (χ0v) is 17.8. The summed E-state index contributed by atoms with van der Waals surface area (Å²) in [6, 6.07) is -4.81. The monoisotopic (exact) mass is 444 g/mol. The van der Waals surface area contributed by atoms with E-state index in [0.29, 0.717) is 6.42 Å². The van der Waals surface area contributed by atoms with Gasteiger partial charge in [-0.05, 0) is 19.3 Å². The van der Waals surface area contributed by atoms with Crippen LogP contribution in [-0.2, 0) is 28.8 Å². The Kier molecular flexibility index (Phi) is 11.8. The van der Waals surface area contributed by atoms with E-state index in [9.17, 15) is 28.8 Å². The molecule has 0 aliphatic heterocycles. The van der Waals surface area contributed by atoms with E-state index in [1.54, 1.807) is 13.8 Å². The molecule has 10 N–H and O–H groups in total. The first-order valence-corrected chi connectivity index (χ1v) is 9.76. The molecule has 0 radical (unpaired) electrons. The van der Waals surface area contributed by atoms with Gasteiger partial charge in [0.15, 0.2) is 0 Å². The Morgan fingerprint density at radius 2 is 1.45 bits per heavy atom. The van der Waals surface area contributed by atoms with Gasteiger partial charge >= 0.3 is 5.97 Å². The van der Waals surface area contributed by atoms with E-state index in [4.69, 9.17) is 22.3 Å². The lowest BCUT2D eigenvalue weighted by molar-refractivity contribution is -0.144. The van der Waals surface area contributed by atoms with Crippen molar-refractivity contribution in [2.75, 3.05) is 0 Å². The smallest absolute Gasteiger partial charge is 0.326 e. The molecule has 0 aliphatic carbocycles. The molecule has 0 rings (SSSR count). The number of carbonyl (C=O) groups is 6. The molecule has 176 valence electrons. The first-order valence-electron chi connectivity index (χ1n) is 9.76. The van der Waals surface area contributed by atoms with Gasteiger partial charge in [-0.2, -0.15) is 0 Å². The van der Waals surface area contributed by atoms with Crippen molar-refractivity contribution in [3.8, 4) is 0 Å². The Morgan fingerprint density at radius 1 is 0.871 bits per heavy atom. The molecule has 0 aliphatic rings. The highest BCUT2D eigenvalue weighted by Crippen LogP contribution is 2.09. The van der Waals surface area contributed by atoms with E-state index in [-0.39, 0.29) is 12.8 Å². The maximum Gasteiger partial charge on any atom is 0.326 e. The fourth-order valence-corrected chi connectivity index (χ4v) is 2.46. The van der Waals surface area contributed by atoms with E-state index in [0.717, 1.165) is 0 Å². The van der Waals surface area contributed by atoms with E-state index < -0.39 is 72.0 Å². The topological polar surface area (TPSA) is 237 Å². The van der Waals surface area contributed by atoms with Gasteiger partial charge in [0.2, 0.25) is 29.5 Å². The van der Waals surface area contributed by atoms with Crippen molar-refractivity contribution >= 4 is 35.5 Å². The predicted molar refractivity (Wildman–Crippen MR) is 109 cm³/mol. The summed E-state index contributed by atoms with van der Waals surface area (Å²) >= 11 is 0. The molecule has 31 heavy (non-hydrogen) atoms. The number of hydrogen-bond acceptors (Lipinski definition) is 7. The Morgan fingerprint density at radius 3 is 1.90 bits per heavy atom. The third-order valence-corrected chi connectivity index (χ3v) is 4.60. The summed E-state index contributed by atoms with van der Waals surface area (Å²) in [5.74, 6) is -5.58. The third-order valence-electron chi connectivity index (χ3n) is 4.60. The maximum absolute atomic E-state index is 12.6. The first-order chi connectivity index (χ1) is 14.3. The van der Waals surface area contributed by atoms with Crippen molar-refractivity contribution in [1.82, 2.24) is 16.0 Å². The number of carboxylic acids is 1. The molecule has 5 amide bonds. The summed E-state index contributed by atoms with van der Waals surface area (Å²) in [5.41, 5.74) is 15.6. The van der Waals surface area contributed by atoms with Gasteiger partial charge in [-0.25, -0.2) is 4.79 Å². The van der Waals surface area contributed by atoms with E-state index in [2.05, 4.69) is 16.0 Å². The number of hydrogen-bond donors (Lipinski definition) is 7. The van der Waals surface area contributed by atoms with Crippen LogP contribution in [0.4, 0.5) is 0 Å². The second-order valence-electron chi connectivity index (χ2n) is 7.28. The number of nitrogens with two attached hydrogens (primary N) is 3. The van der Waals surface area contributed by atoms with Gasteiger partial charge in [-0.1, -0.05) is 20.3 Å². The van der Waals surface area contributed by atoms with Crippen LogP contribution < -0.4 is 33.2 Å². The average Bonchev–Trinajstić information content (AvgIpc) is 2.67. The molecule has 0 spiro atoms. The summed E-state index contributed by atoms with van der Waals surface area (Å²) in [5, 5.41) is 16.2. The van der Waals surface area contributed by atoms with Gasteiger partial charge in [0.1, 0.15) is 18.1 Å². The molecule has 5 unspecified atom stereocenters. The van der Waals surface area contributed by atoms with Crippen LogP contribution in [0.25, 0.3) is 0 Å². The maximum atomic E-state index is 12.6. The second kappa shape index (κ2) is 13.2. The van der Waals surface area contributed by atoms with E-state index in [1.165, 1.54) is 6.92 Å². The van der Waals surface area contributed by atoms with Crippen LogP contribution in [-0.4, -0.2) is 64.8 Å². The Hall–Kier alpha value is -3.22. The molecule has 13 heteroatoms. The Balaban J connectivity index is 5.13. The van der Waals surface area contributed by atoms with E-state index >= 15 is 0 Å². The number of carboxylic acid groups (broad SMARTS) is 1. The van der Waals surface area contributed by atoms with Gasteiger partial charge in [0, 0.05) is 6.42 Å². The molecule has 0 aromatic carbocycles. The highest BCUT2D eigenvalue weighted by molar-refractivity contribution is 5.94. The normalized spacial score (nSPS) is 15.5. The second-order valence-corrected chi connectivity index (χ2v) is 7.28. The van der Waals surface area contributed by atoms with Crippen molar-refractivity contribution in [3.63, 3.8) is 0 Å². The fourth-order valence-electron chi connectivity index (χ4n) is 2.46. The quantitative estimate of drug-likeness (QED) is 0.146. The highest BCUT2D eigenvalue weighted by atomic mass is 16.4. The SMILES string of the molecule is CCC(C)C(NC(=O)C(C)NC(=O)C(N)CCC(N)=O)C(=O)NC(CC(N)=O)C(=O)O. The van der Waals surface area contributed by atoms with Gasteiger partial charge in [-0.15, -0.1) is 0 Å². The number of rotatable bonds is 14. The van der Waals surface area contributed by atoms with Crippen molar-refractivity contribution in [1.29, 1.82) is 0 Å². The summed E-state index contributed by atoms with van der Waals surface area (Å²) < 4.78 is 0. The number of carbonyl (C=O) groups excluding carboxylic acids is 5. The van der Waals surface area contributed by atoms with Crippen molar-refractivity contribution in [3.05, 3.63) is 0 Å². The molecule has 0 fully saturated rings. The summed E-state index contributed by atoms with van der Waals surface area (Å²) in [6.07, 6.45) is -0.242. The third kappa shape index (κ3) is 10.4. The molecule has 0 aromatic rings. The van der Waals surface area contributed by atoms with Crippen molar-refractivity contribution < 1.29 is 33.9 Å². The lowest BCUT2D eigenvalue weighted by atomic mass is 9.97. The van der Waals surface area contributed by atoms with Crippen molar-refractivity contribution in [2.24, 2.45) is 23.1 Å². The molecule has 0 saturated carbocycles. The van der Waals surface area contributed by atoms with Crippen LogP contribution in [0.5, 0.6) is 0 Å². The van der Waals surface area contributed by atoms with Gasteiger partial charge in [-0.3, -0.25) is 24.0 Å². The molecule has 13 nitrogen and oxygen atoms in total. The van der Waals surface area contributed by atoms with Crippen LogP contribution in [0.2, 0.25) is 0 Å². The summed E-state index contributed by atoms with van der Waals surface area (Å²) in [7, 11) is 0. The van der Waals surface area contributed by atoms with Gasteiger partial charge < -0.3 is 38.3 Å². The fraction of sp³-hybridized carbons (Fsp3) is 0.667. The molecule has 0 saturated heterocycles. The summed E-state index contributed by atoms with van der Waals surface area (Å²) in [4.78, 5) is 70.2. The first kappa shape index (κ1) is 27.8. The van der Waals surface area contributed by atoms with E-state index in [1.807, 2.05) is 0 Å². The van der Waals surface area contributed by atoms with Crippen LogP contribution in [0.3, 0.4) is 0 Å². The van der Waals surface area contributed by atoms with Gasteiger partial charge in [0.25, 0.3) is 0 Å². The number of amides is 5. The van der Waals surface area contributed by atoms with Crippen LogP contribution in [0.1, 0.15) is 46.5 Å². The molecular weight excluding hydrogens is 412 g/mol. The lowest BCUT2D eigenvalue weighted by Gasteiger charge is -2.27. The van der Waals surface area contributed by atoms with Gasteiger partial charge in [0.05, 0.1) is 12.5 Å². The highest BCUT2D eigenvalue weighted by Gasteiger charge is 2.32. The minimum atomic E-state index is -1.55. The number of nitrogens with one attached hydrogen (secondary N) is 3. The zero-order chi connectivity index (χ0) is 24.3. The largest absolute Gasteiger partial charge is 0.480 e. The molecule has 0 aromatic heterocycles. The number of primary amides is 2. The molecule has 5 atom stereocenters. The summed E-state index contributed by atoms with van der Waals surface area (Å²) in [6.45, 7) is 4.79. The lowest BCUT2D eigenvalue weighted by Crippen LogP contribution is -2.58. The number of aliphatic carboxylic acids is 1. The standard InChI is InChI=1S/C18H32N6O7/c1-4-8(2)14(17(29)23-11(18(30)31)7-13(21)26)24-15(27)9(3)22-16(28)10(19)5-6-12(20)25/h8-11,14H,4-7,19H2,1-3H3,(H2,20,25)(H2,21,26)(H,22,28)(H,23,29)(H,24,27)(H,30,31). The minimum absolute atomic E-state index is 0.00381. The minimum Gasteiger partial charge on any atom is -0.480 e. The zero-order valence-electron chi connectivity index (χ0n) is 17.8. The average molecular weight is 444 g/mol. The molecule has 0 heterocycles. The predicted octanol–water partition coefficient (Wildman–Crippen LogP) is -2.94. The molecule has 0 bridgehead atoms.